The molecule has 0 unspecified atom stereocenters. The van der Waals surface area contributed by atoms with Gasteiger partial charge in [-0.1, -0.05) is 69.1 Å². The summed E-state index contributed by atoms with van der Waals surface area (Å²) in [6.07, 6.45) is 8.72. The van der Waals surface area contributed by atoms with Gasteiger partial charge in [-0.2, -0.15) is 0 Å². The Morgan fingerprint density at radius 2 is 1.75 bits per heavy atom. The number of hydrogen-bond acceptors (Lipinski definition) is 10. The van der Waals surface area contributed by atoms with Crippen molar-refractivity contribution in [3.8, 4) is 11.5 Å². The van der Waals surface area contributed by atoms with E-state index in [4.69, 9.17) is 28.9 Å². The number of oxime groups is 1. The van der Waals surface area contributed by atoms with Crippen molar-refractivity contribution in [3.05, 3.63) is 78.4 Å². The number of amides is 1. The lowest BCUT2D eigenvalue weighted by Gasteiger charge is -2.59. The Morgan fingerprint density at radius 1 is 1.04 bits per heavy atom. The van der Waals surface area contributed by atoms with Gasteiger partial charge in [0.2, 0.25) is 5.79 Å². The van der Waals surface area contributed by atoms with Gasteiger partial charge in [0.1, 0.15) is 23.1 Å². The normalized spacial score (nSPS) is 24.8. The van der Waals surface area contributed by atoms with Crippen LogP contribution in [0.5, 0.6) is 11.5 Å². The zero-order valence-electron chi connectivity index (χ0n) is 35.2. The van der Waals surface area contributed by atoms with Crippen LogP contribution >= 0.6 is 11.8 Å². The zero-order valence-corrected chi connectivity index (χ0v) is 36.0. The fourth-order valence-electron chi connectivity index (χ4n) is 8.35. The summed E-state index contributed by atoms with van der Waals surface area (Å²) in [6, 6.07) is 15.7. The molecule has 6 atom stereocenters. The summed E-state index contributed by atoms with van der Waals surface area (Å²) < 4.78 is 26.6. The second kappa shape index (κ2) is 20.0. The number of fused-ring (bicyclic) bond motifs is 2. The van der Waals surface area contributed by atoms with Gasteiger partial charge < -0.3 is 38.9 Å². The lowest BCUT2D eigenvalue weighted by atomic mass is 9.55. The van der Waals surface area contributed by atoms with Crippen LogP contribution in [0, 0.1) is 23.2 Å². The summed E-state index contributed by atoms with van der Waals surface area (Å²) in [5, 5.41) is 24.6. The number of allylic oxidation sites excluding steroid dienone is 1. The van der Waals surface area contributed by atoms with Gasteiger partial charge in [-0.15, -0.1) is 18.3 Å². The summed E-state index contributed by atoms with van der Waals surface area (Å²) >= 11 is 1.75. The third-order valence-electron chi connectivity index (χ3n) is 10.8. The molecule has 11 heteroatoms. The van der Waals surface area contributed by atoms with Gasteiger partial charge in [-0.3, -0.25) is 0 Å². The van der Waals surface area contributed by atoms with E-state index in [0.717, 1.165) is 54.0 Å². The van der Waals surface area contributed by atoms with Gasteiger partial charge in [-0.05, 0) is 99.6 Å². The summed E-state index contributed by atoms with van der Waals surface area (Å²) in [7, 11) is 1.75. The Balaban J connectivity index is 1.67. The van der Waals surface area contributed by atoms with Crippen molar-refractivity contribution in [1.82, 2.24) is 4.90 Å². The number of rotatable bonds is 19. The molecule has 0 radical (unpaired) electrons. The van der Waals surface area contributed by atoms with Gasteiger partial charge in [-0.25, -0.2) is 4.79 Å². The highest BCUT2D eigenvalue weighted by Crippen LogP contribution is 2.62. The third-order valence-corrected chi connectivity index (χ3v) is 11.8. The lowest BCUT2D eigenvalue weighted by Crippen LogP contribution is -2.69. The summed E-state index contributed by atoms with van der Waals surface area (Å²) in [5.74, 6) is 0.596. The van der Waals surface area contributed by atoms with E-state index in [-0.39, 0.29) is 49.6 Å². The van der Waals surface area contributed by atoms with E-state index in [1.165, 1.54) is 4.90 Å². The SMILES string of the molecule is C=CCO[C@@]12Oc3ccc(OCCSc4ccccc4)cc3[C@H]3[C@H](CCCCO)[C@@H](CCCCO)C=C(C(=NOC(C)(C)C)C[C@@H]1N(C)C(=O)OCC(C)(C)C)[C@H]32. The van der Waals surface area contributed by atoms with Crippen LogP contribution in [0.15, 0.2) is 82.9 Å². The summed E-state index contributed by atoms with van der Waals surface area (Å²) in [4.78, 5) is 23.0. The van der Waals surface area contributed by atoms with E-state index in [1.807, 2.05) is 71.9 Å². The molecule has 314 valence electrons. The van der Waals surface area contributed by atoms with Crippen molar-refractivity contribution in [2.75, 3.05) is 45.8 Å². The molecule has 3 aliphatic rings. The van der Waals surface area contributed by atoms with Crippen molar-refractivity contribution in [2.45, 2.75) is 115 Å². The van der Waals surface area contributed by atoms with Gasteiger partial charge in [0, 0.05) is 48.8 Å². The molecule has 1 fully saturated rings. The van der Waals surface area contributed by atoms with Crippen molar-refractivity contribution in [3.63, 3.8) is 0 Å². The molecule has 0 saturated heterocycles. The number of likely N-dealkylation sites (N-methyl/N-ethyl adjacent to an activating group) is 1. The maximum Gasteiger partial charge on any atom is 0.410 e. The number of aliphatic hydroxyl groups excluding tert-OH is 2. The summed E-state index contributed by atoms with van der Waals surface area (Å²) in [5.41, 5.74) is 1.97. The number of nitrogens with zero attached hydrogens (tertiary/aromatic N) is 2. The predicted octanol–water partition coefficient (Wildman–Crippen LogP) is 9.40. The molecule has 0 spiro atoms. The fourth-order valence-corrected chi connectivity index (χ4v) is 9.10. The van der Waals surface area contributed by atoms with E-state index in [9.17, 15) is 15.0 Å². The first-order valence-corrected chi connectivity index (χ1v) is 21.7. The van der Waals surface area contributed by atoms with Gasteiger partial charge in [0.05, 0.1) is 31.5 Å². The molecule has 2 aliphatic carbocycles. The van der Waals surface area contributed by atoms with Crippen molar-refractivity contribution in [1.29, 1.82) is 0 Å². The number of carbonyl (C=O) groups excluding carboxylic acids is 1. The molecular weight excluding hydrogens is 741 g/mol. The van der Waals surface area contributed by atoms with Crippen LogP contribution in [0.25, 0.3) is 0 Å². The van der Waals surface area contributed by atoms with Crippen LogP contribution in [0.3, 0.4) is 0 Å². The minimum Gasteiger partial charge on any atom is -0.493 e. The number of benzene rings is 2. The molecule has 2 aromatic rings. The highest BCUT2D eigenvalue weighted by atomic mass is 32.2. The van der Waals surface area contributed by atoms with Crippen molar-refractivity contribution >= 4 is 23.6 Å². The minimum absolute atomic E-state index is 0.115. The average Bonchev–Trinajstić information content (AvgIpc) is 3.17. The fraction of sp³-hybridized carbons (Fsp3) is 0.609. The number of aliphatic hydroxyl groups is 2. The maximum absolute atomic E-state index is 14.0. The molecule has 1 aliphatic heterocycles. The van der Waals surface area contributed by atoms with Crippen molar-refractivity contribution < 1.29 is 38.8 Å². The Bertz CT molecular complexity index is 1690. The average molecular weight is 807 g/mol. The van der Waals surface area contributed by atoms with Gasteiger partial charge in [0.15, 0.2) is 0 Å². The first-order valence-electron chi connectivity index (χ1n) is 20.7. The van der Waals surface area contributed by atoms with Crippen LogP contribution in [0.1, 0.15) is 98.0 Å². The molecule has 0 bridgehead atoms. The van der Waals surface area contributed by atoms with E-state index in [2.05, 4.69) is 30.9 Å². The smallest absolute Gasteiger partial charge is 0.410 e. The minimum atomic E-state index is -1.34. The van der Waals surface area contributed by atoms with Crippen LogP contribution in [0.2, 0.25) is 0 Å². The third kappa shape index (κ3) is 11.4. The molecule has 2 N–H and O–H groups in total. The summed E-state index contributed by atoms with van der Waals surface area (Å²) in [6.45, 7) is 17.2. The Kier molecular flexibility index (Phi) is 15.6. The Morgan fingerprint density at radius 3 is 2.42 bits per heavy atom. The van der Waals surface area contributed by atoms with Crippen molar-refractivity contribution in [2.24, 2.45) is 28.3 Å². The molecule has 1 heterocycles. The Hall–Kier alpha value is -3.51. The lowest BCUT2D eigenvalue weighted by molar-refractivity contribution is -0.254. The van der Waals surface area contributed by atoms with Crippen LogP contribution < -0.4 is 9.47 Å². The maximum atomic E-state index is 14.0. The highest BCUT2D eigenvalue weighted by molar-refractivity contribution is 7.99. The van der Waals surface area contributed by atoms with Gasteiger partial charge >= 0.3 is 6.09 Å². The number of unbranched alkanes of at least 4 members (excludes halogenated alkanes) is 2. The predicted molar refractivity (Wildman–Crippen MR) is 227 cm³/mol. The number of carbonyl (C=O) groups is 1. The second-order valence-electron chi connectivity index (χ2n) is 17.7. The van der Waals surface area contributed by atoms with Crippen LogP contribution in [0.4, 0.5) is 4.79 Å². The quantitative estimate of drug-likeness (QED) is 0.0620. The first-order chi connectivity index (χ1) is 27.2. The molecule has 0 aromatic heterocycles. The second-order valence-corrected chi connectivity index (χ2v) is 18.9. The van der Waals surface area contributed by atoms with Crippen LogP contribution in [-0.4, -0.2) is 90.2 Å². The van der Waals surface area contributed by atoms with E-state index < -0.39 is 29.4 Å². The van der Waals surface area contributed by atoms with E-state index in [1.54, 1.807) is 29.8 Å². The van der Waals surface area contributed by atoms with Crippen LogP contribution in [-0.2, 0) is 14.3 Å². The largest absolute Gasteiger partial charge is 0.493 e. The van der Waals surface area contributed by atoms with Gasteiger partial charge in [0.25, 0.3) is 0 Å². The molecule has 1 amide bonds. The molecular formula is C46H66N2O8S. The monoisotopic (exact) mass is 806 g/mol. The number of thioether (sulfide) groups is 1. The highest BCUT2D eigenvalue weighted by Gasteiger charge is 2.65. The number of hydrogen-bond donors (Lipinski definition) is 2. The molecule has 10 nitrogen and oxygen atoms in total. The molecule has 5 rings (SSSR count). The molecule has 1 saturated carbocycles. The Labute approximate surface area is 345 Å². The zero-order chi connectivity index (χ0) is 41.2. The molecule has 2 aromatic carbocycles. The number of ether oxygens (including phenoxy) is 4. The standard InChI is InChI=1S/C46H66N2O8S/c1-9-25-54-46-40(48(8)43(51)53-31-44(2,3)4)30-38(47-56-45(5,6)7)36-28-32(17-13-15-23-49)35(20-14-16-24-50)41(42(36)46)37-29-33(21-22-39(37)55-46)52-26-27-57-34-18-11-10-12-19-34/h9-12,18-19,21-22,28-29,32,35,40-42,49-50H,1,13-17,20,23-27,30-31H2,2-8H3/t32-,35+,40-,41+,42+,46+/m0/s1. The van der Waals surface area contributed by atoms with E-state index in [0.29, 0.717) is 31.6 Å². The first kappa shape index (κ1) is 44.6. The topological polar surface area (TPSA) is 119 Å². The molecule has 57 heavy (non-hydrogen) atoms. The van der Waals surface area contributed by atoms with E-state index >= 15 is 0 Å².